The number of hydrogen-bond donors (Lipinski definition) is 0. The maximum atomic E-state index is 10.7. The Morgan fingerprint density at radius 3 is 2.52 bits per heavy atom. The average molecular weight is 325 g/mol. The van der Waals surface area contributed by atoms with Crippen LogP contribution < -0.4 is 14.2 Å². The van der Waals surface area contributed by atoms with Crippen LogP contribution in [0.1, 0.15) is 15.9 Å². The van der Waals surface area contributed by atoms with Gasteiger partial charge in [-0.05, 0) is 29.8 Å². The first-order chi connectivity index (χ1) is 10.2. The lowest BCUT2D eigenvalue weighted by Crippen LogP contribution is -1.97. The number of benzene rings is 2. The second kappa shape index (κ2) is 5.84. The van der Waals surface area contributed by atoms with Crippen molar-refractivity contribution in [1.82, 2.24) is 0 Å². The van der Waals surface area contributed by atoms with Crippen LogP contribution in [0.3, 0.4) is 0 Å². The zero-order valence-corrected chi connectivity index (χ0v) is 12.3. The van der Waals surface area contributed by atoms with Crippen LogP contribution in [-0.2, 0) is 6.61 Å². The van der Waals surface area contributed by atoms with E-state index in [4.69, 9.17) is 37.4 Å². The highest BCUT2D eigenvalue weighted by Crippen LogP contribution is 2.36. The Hall–Kier alpha value is -1.91. The number of halogens is 2. The Kier molecular flexibility index (Phi) is 3.90. The van der Waals surface area contributed by atoms with Crippen molar-refractivity contribution in [2.75, 3.05) is 6.79 Å². The molecule has 0 atom stereocenters. The number of carbonyl (C=O) groups excluding carboxylic acids is 1. The molecule has 0 saturated carbocycles. The largest absolute Gasteiger partial charge is 0.486 e. The highest BCUT2D eigenvalue weighted by Gasteiger charge is 2.14. The molecule has 1 aliphatic rings. The maximum Gasteiger partial charge on any atom is 0.231 e. The molecule has 21 heavy (non-hydrogen) atoms. The number of hydrogen-bond acceptors (Lipinski definition) is 4. The summed E-state index contributed by atoms with van der Waals surface area (Å²) in [5.41, 5.74) is 1.30. The normalized spacial score (nSPS) is 12.3. The van der Waals surface area contributed by atoms with Gasteiger partial charge in [-0.3, -0.25) is 4.79 Å². The average Bonchev–Trinajstić information content (AvgIpc) is 2.93. The summed E-state index contributed by atoms with van der Waals surface area (Å²) in [6.45, 7) is 0.501. The van der Waals surface area contributed by atoms with Gasteiger partial charge in [-0.15, -0.1) is 0 Å². The lowest BCUT2D eigenvalue weighted by molar-refractivity contribution is 0.112. The van der Waals surface area contributed by atoms with E-state index in [1.807, 2.05) is 18.2 Å². The molecule has 108 valence electrons. The summed E-state index contributed by atoms with van der Waals surface area (Å²) in [5, 5.41) is 0.593. The van der Waals surface area contributed by atoms with Crippen LogP contribution in [0.4, 0.5) is 0 Å². The predicted molar refractivity (Wildman–Crippen MR) is 78.7 cm³/mol. The van der Waals surface area contributed by atoms with Crippen molar-refractivity contribution >= 4 is 29.5 Å². The first-order valence-corrected chi connectivity index (χ1v) is 6.88. The molecule has 0 aromatic heterocycles. The van der Waals surface area contributed by atoms with Gasteiger partial charge < -0.3 is 14.2 Å². The summed E-state index contributed by atoms with van der Waals surface area (Å²) in [4.78, 5) is 10.7. The van der Waals surface area contributed by atoms with Crippen LogP contribution in [0.15, 0.2) is 30.3 Å². The van der Waals surface area contributed by atoms with Gasteiger partial charge in [0.25, 0.3) is 0 Å². The summed E-state index contributed by atoms with van der Waals surface area (Å²) in [6, 6.07) is 8.55. The zero-order chi connectivity index (χ0) is 14.8. The van der Waals surface area contributed by atoms with Gasteiger partial charge in [0.2, 0.25) is 6.79 Å². The van der Waals surface area contributed by atoms with E-state index in [0.717, 1.165) is 5.56 Å². The third kappa shape index (κ3) is 2.91. The molecule has 2 aromatic rings. The van der Waals surface area contributed by atoms with E-state index >= 15 is 0 Å². The second-order valence-electron chi connectivity index (χ2n) is 4.41. The van der Waals surface area contributed by atoms with Crippen LogP contribution in [0, 0.1) is 0 Å². The van der Waals surface area contributed by atoms with Crippen molar-refractivity contribution in [1.29, 1.82) is 0 Å². The molecule has 0 radical (unpaired) electrons. The summed E-state index contributed by atoms with van der Waals surface area (Å²) >= 11 is 12.1. The number of ether oxygens (including phenoxy) is 3. The van der Waals surface area contributed by atoms with E-state index in [0.29, 0.717) is 39.1 Å². The fourth-order valence-electron chi connectivity index (χ4n) is 1.97. The van der Waals surface area contributed by atoms with Crippen molar-refractivity contribution in [3.05, 3.63) is 51.5 Å². The monoisotopic (exact) mass is 324 g/mol. The van der Waals surface area contributed by atoms with Gasteiger partial charge in [-0.1, -0.05) is 29.3 Å². The van der Waals surface area contributed by atoms with Crippen LogP contribution >= 0.6 is 23.2 Å². The lowest BCUT2D eigenvalue weighted by Gasteiger charge is -2.11. The Bertz CT molecular complexity index is 677. The number of rotatable bonds is 4. The molecule has 0 fully saturated rings. The fraction of sp³-hybridized carbons (Fsp3) is 0.133. The molecule has 1 aliphatic heterocycles. The van der Waals surface area contributed by atoms with E-state index in [1.165, 1.54) is 12.1 Å². The Labute approximate surface area is 131 Å². The summed E-state index contributed by atoms with van der Waals surface area (Å²) < 4.78 is 16.2. The van der Waals surface area contributed by atoms with Crippen molar-refractivity contribution < 1.29 is 19.0 Å². The molecule has 6 heteroatoms. The quantitative estimate of drug-likeness (QED) is 0.794. The van der Waals surface area contributed by atoms with Crippen LogP contribution in [0.5, 0.6) is 17.2 Å². The van der Waals surface area contributed by atoms with Gasteiger partial charge >= 0.3 is 0 Å². The van der Waals surface area contributed by atoms with E-state index in [-0.39, 0.29) is 13.4 Å². The van der Waals surface area contributed by atoms with Crippen LogP contribution in [0.2, 0.25) is 10.0 Å². The smallest absolute Gasteiger partial charge is 0.231 e. The Morgan fingerprint density at radius 1 is 1.10 bits per heavy atom. The third-order valence-corrected chi connectivity index (χ3v) is 3.54. The van der Waals surface area contributed by atoms with Crippen molar-refractivity contribution in [3.8, 4) is 17.2 Å². The number of aldehydes is 1. The topological polar surface area (TPSA) is 44.8 Å². The third-order valence-electron chi connectivity index (χ3n) is 2.98. The molecule has 4 nitrogen and oxygen atoms in total. The van der Waals surface area contributed by atoms with E-state index < -0.39 is 0 Å². The van der Waals surface area contributed by atoms with Gasteiger partial charge in [0.05, 0.1) is 10.0 Å². The minimum atomic E-state index is 0.227. The van der Waals surface area contributed by atoms with Crippen LogP contribution in [0.25, 0.3) is 0 Å². The van der Waals surface area contributed by atoms with Crippen LogP contribution in [-0.4, -0.2) is 13.1 Å². The van der Waals surface area contributed by atoms with Gasteiger partial charge in [0.15, 0.2) is 17.2 Å². The molecule has 0 aliphatic carbocycles. The van der Waals surface area contributed by atoms with Gasteiger partial charge in [-0.25, -0.2) is 0 Å². The molecule has 0 bridgehead atoms. The fourth-order valence-corrected chi connectivity index (χ4v) is 2.58. The van der Waals surface area contributed by atoms with Crippen molar-refractivity contribution in [2.24, 2.45) is 0 Å². The van der Waals surface area contributed by atoms with E-state index in [9.17, 15) is 4.79 Å². The molecular weight excluding hydrogens is 315 g/mol. The standard InChI is InChI=1S/C15H10Cl2O4/c16-11-3-10(6-18)4-12(17)15(11)19-7-9-1-2-13-14(5-9)21-8-20-13/h1-6H,7-8H2. The molecule has 0 amide bonds. The zero-order valence-electron chi connectivity index (χ0n) is 10.8. The molecule has 2 aromatic carbocycles. The molecule has 0 spiro atoms. The highest BCUT2D eigenvalue weighted by molar-refractivity contribution is 6.37. The van der Waals surface area contributed by atoms with Crippen molar-refractivity contribution in [3.63, 3.8) is 0 Å². The summed E-state index contributed by atoms with van der Waals surface area (Å²) in [5.74, 6) is 1.75. The SMILES string of the molecule is O=Cc1cc(Cl)c(OCc2ccc3c(c2)OCO3)c(Cl)c1. The predicted octanol–water partition coefficient (Wildman–Crippen LogP) is 4.11. The van der Waals surface area contributed by atoms with E-state index in [2.05, 4.69) is 0 Å². The first-order valence-electron chi connectivity index (χ1n) is 6.13. The molecule has 1 heterocycles. The Balaban J connectivity index is 1.77. The second-order valence-corrected chi connectivity index (χ2v) is 5.22. The first kappa shape index (κ1) is 14.0. The van der Waals surface area contributed by atoms with E-state index in [1.54, 1.807) is 0 Å². The molecular formula is C15H10Cl2O4. The Morgan fingerprint density at radius 2 is 1.81 bits per heavy atom. The van der Waals surface area contributed by atoms with Crippen molar-refractivity contribution in [2.45, 2.75) is 6.61 Å². The summed E-state index contributed by atoms with van der Waals surface area (Å²) in [6.07, 6.45) is 0.680. The lowest BCUT2D eigenvalue weighted by atomic mass is 10.2. The summed E-state index contributed by atoms with van der Waals surface area (Å²) in [7, 11) is 0. The number of fused-ring (bicyclic) bond motifs is 1. The van der Waals surface area contributed by atoms with Gasteiger partial charge in [0.1, 0.15) is 12.9 Å². The minimum Gasteiger partial charge on any atom is -0.486 e. The highest BCUT2D eigenvalue weighted by atomic mass is 35.5. The minimum absolute atomic E-state index is 0.227. The molecule has 3 rings (SSSR count). The van der Waals surface area contributed by atoms with Gasteiger partial charge in [0, 0.05) is 5.56 Å². The van der Waals surface area contributed by atoms with Gasteiger partial charge in [-0.2, -0.15) is 0 Å². The molecule has 0 saturated heterocycles. The molecule has 0 unspecified atom stereocenters. The maximum absolute atomic E-state index is 10.7. The molecule has 0 N–H and O–H groups in total. The number of carbonyl (C=O) groups is 1.